The Kier molecular flexibility index (Phi) is 8.75. The van der Waals surface area contributed by atoms with Crippen molar-refractivity contribution in [1.82, 2.24) is 15.5 Å². The van der Waals surface area contributed by atoms with Crippen molar-refractivity contribution < 1.29 is 9.47 Å². The molecule has 0 spiro atoms. The SMILES string of the molecule is C=CCOc1ccccc1CNC(=NC)NCc1cccc(CN2CCOCC2)c1. The van der Waals surface area contributed by atoms with Crippen LogP contribution in [0.2, 0.25) is 0 Å². The summed E-state index contributed by atoms with van der Waals surface area (Å²) < 4.78 is 11.2. The van der Waals surface area contributed by atoms with Crippen LogP contribution in [0.25, 0.3) is 0 Å². The zero-order valence-corrected chi connectivity index (χ0v) is 17.8. The molecule has 0 radical (unpaired) electrons. The summed E-state index contributed by atoms with van der Waals surface area (Å²) in [6.07, 6.45) is 1.75. The number of ether oxygens (including phenoxy) is 2. The Balaban J connectivity index is 1.51. The maximum Gasteiger partial charge on any atom is 0.191 e. The summed E-state index contributed by atoms with van der Waals surface area (Å²) in [4.78, 5) is 6.77. The molecule has 1 heterocycles. The van der Waals surface area contributed by atoms with Gasteiger partial charge >= 0.3 is 0 Å². The minimum absolute atomic E-state index is 0.491. The molecule has 0 unspecified atom stereocenters. The topological polar surface area (TPSA) is 58.1 Å². The van der Waals surface area contributed by atoms with Gasteiger partial charge in [0.15, 0.2) is 5.96 Å². The highest BCUT2D eigenvalue weighted by Crippen LogP contribution is 2.17. The highest BCUT2D eigenvalue weighted by Gasteiger charge is 2.11. The Hall–Kier alpha value is -2.83. The zero-order valence-electron chi connectivity index (χ0n) is 17.8. The molecule has 2 aromatic rings. The number of para-hydroxylation sites is 1. The quantitative estimate of drug-likeness (QED) is 0.380. The summed E-state index contributed by atoms with van der Waals surface area (Å²) in [7, 11) is 1.78. The van der Waals surface area contributed by atoms with Crippen molar-refractivity contribution in [2.75, 3.05) is 40.0 Å². The van der Waals surface area contributed by atoms with Gasteiger partial charge in [-0.2, -0.15) is 0 Å². The van der Waals surface area contributed by atoms with E-state index in [-0.39, 0.29) is 0 Å². The first kappa shape index (κ1) is 21.9. The van der Waals surface area contributed by atoms with Gasteiger partial charge in [-0.25, -0.2) is 0 Å². The van der Waals surface area contributed by atoms with Gasteiger partial charge in [-0.3, -0.25) is 9.89 Å². The molecule has 6 nitrogen and oxygen atoms in total. The number of hydrogen-bond acceptors (Lipinski definition) is 4. The second-order valence-corrected chi connectivity index (χ2v) is 7.20. The van der Waals surface area contributed by atoms with E-state index >= 15 is 0 Å². The first-order chi connectivity index (χ1) is 14.8. The molecular weight excluding hydrogens is 376 g/mol. The molecule has 0 aliphatic carbocycles. The van der Waals surface area contributed by atoms with Crippen LogP contribution in [0.15, 0.2) is 66.2 Å². The fraction of sp³-hybridized carbons (Fsp3) is 0.375. The number of aliphatic imine (C=N–C) groups is 1. The molecule has 2 aromatic carbocycles. The summed E-state index contributed by atoms with van der Waals surface area (Å²) in [5, 5.41) is 6.76. The molecule has 1 fully saturated rings. The summed E-state index contributed by atoms with van der Waals surface area (Å²) in [5.74, 6) is 1.61. The average Bonchev–Trinajstić information content (AvgIpc) is 2.79. The predicted molar refractivity (Wildman–Crippen MR) is 122 cm³/mol. The Morgan fingerprint density at radius 2 is 1.87 bits per heavy atom. The molecule has 30 heavy (non-hydrogen) atoms. The van der Waals surface area contributed by atoms with Gasteiger partial charge in [-0.05, 0) is 17.2 Å². The molecule has 0 amide bonds. The van der Waals surface area contributed by atoms with E-state index in [4.69, 9.17) is 9.47 Å². The number of morpholine rings is 1. The summed E-state index contributed by atoms with van der Waals surface area (Å²) in [5.41, 5.74) is 3.64. The second kappa shape index (κ2) is 12.0. The van der Waals surface area contributed by atoms with Crippen LogP contribution in [0, 0.1) is 0 Å². The van der Waals surface area contributed by atoms with Gasteiger partial charge in [0.1, 0.15) is 12.4 Å². The molecule has 0 bridgehead atoms. The first-order valence-electron chi connectivity index (χ1n) is 10.4. The first-order valence-corrected chi connectivity index (χ1v) is 10.4. The highest BCUT2D eigenvalue weighted by atomic mass is 16.5. The third kappa shape index (κ3) is 6.90. The van der Waals surface area contributed by atoms with Crippen LogP contribution in [0.1, 0.15) is 16.7 Å². The molecule has 0 aromatic heterocycles. The maximum absolute atomic E-state index is 5.73. The molecule has 6 heteroatoms. The van der Waals surface area contributed by atoms with Crippen molar-refractivity contribution in [3.05, 3.63) is 77.9 Å². The van der Waals surface area contributed by atoms with Crippen LogP contribution in [0.5, 0.6) is 5.75 Å². The van der Waals surface area contributed by atoms with E-state index in [1.54, 1.807) is 13.1 Å². The van der Waals surface area contributed by atoms with E-state index in [0.717, 1.165) is 50.1 Å². The third-order valence-electron chi connectivity index (χ3n) is 4.96. The van der Waals surface area contributed by atoms with Crippen molar-refractivity contribution in [1.29, 1.82) is 0 Å². The predicted octanol–water partition coefficient (Wildman–Crippen LogP) is 2.95. The summed E-state index contributed by atoms with van der Waals surface area (Å²) in [6.45, 7) is 10.1. The van der Waals surface area contributed by atoms with E-state index in [0.29, 0.717) is 19.7 Å². The molecule has 0 saturated carbocycles. The van der Waals surface area contributed by atoms with Crippen LogP contribution < -0.4 is 15.4 Å². The van der Waals surface area contributed by atoms with Crippen molar-refractivity contribution in [2.45, 2.75) is 19.6 Å². The molecule has 0 atom stereocenters. The lowest BCUT2D eigenvalue weighted by Crippen LogP contribution is -2.36. The summed E-state index contributed by atoms with van der Waals surface area (Å²) >= 11 is 0. The highest BCUT2D eigenvalue weighted by molar-refractivity contribution is 5.79. The Bertz CT molecular complexity index is 831. The van der Waals surface area contributed by atoms with E-state index in [9.17, 15) is 0 Å². The van der Waals surface area contributed by atoms with Gasteiger partial charge in [0.05, 0.1) is 13.2 Å². The van der Waals surface area contributed by atoms with Gasteiger partial charge in [0, 0.05) is 45.3 Å². The second-order valence-electron chi connectivity index (χ2n) is 7.20. The lowest BCUT2D eigenvalue weighted by Gasteiger charge is -2.26. The number of rotatable bonds is 9. The van der Waals surface area contributed by atoms with Gasteiger partial charge in [0.25, 0.3) is 0 Å². The van der Waals surface area contributed by atoms with Gasteiger partial charge in [0.2, 0.25) is 0 Å². The largest absolute Gasteiger partial charge is 0.489 e. The van der Waals surface area contributed by atoms with Crippen LogP contribution >= 0.6 is 0 Å². The molecule has 1 saturated heterocycles. The van der Waals surface area contributed by atoms with Gasteiger partial charge in [-0.1, -0.05) is 55.1 Å². The Morgan fingerprint density at radius 1 is 1.10 bits per heavy atom. The standard InChI is InChI=1S/C24H32N4O2/c1-3-13-30-23-10-5-4-9-22(23)18-27-24(25-2)26-17-20-7-6-8-21(16-20)19-28-11-14-29-15-12-28/h3-10,16H,1,11-15,17-19H2,2H3,(H2,25,26,27). The fourth-order valence-corrected chi connectivity index (χ4v) is 3.38. The lowest BCUT2D eigenvalue weighted by molar-refractivity contribution is 0.0342. The van der Waals surface area contributed by atoms with Crippen LogP contribution in [-0.2, 0) is 24.4 Å². The van der Waals surface area contributed by atoms with Gasteiger partial charge in [-0.15, -0.1) is 0 Å². The molecule has 2 N–H and O–H groups in total. The Labute approximate surface area is 179 Å². The smallest absolute Gasteiger partial charge is 0.191 e. The van der Waals surface area contributed by atoms with Crippen LogP contribution in [0.4, 0.5) is 0 Å². The number of benzene rings is 2. The fourth-order valence-electron chi connectivity index (χ4n) is 3.38. The monoisotopic (exact) mass is 408 g/mol. The summed E-state index contributed by atoms with van der Waals surface area (Å²) in [6, 6.07) is 16.7. The number of guanidine groups is 1. The van der Waals surface area contributed by atoms with Crippen LogP contribution in [-0.4, -0.2) is 50.8 Å². The normalized spacial score (nSPS) is 14.9. The molecule has 1 aliphatic heterocycles. The zero-order chi connectivity index (χ0) is 21.0. The number of nitrogens with one attached hydrogen (secondary N) is 2. The van der Waals surface area contributed by atoms with E-state index in [2.05, 4.69) is 51.4 Å². The Morgan fingerprint density at radius 3 is 2.67 bits per heavy atom. The minimum Gasteiger partial charge on any atom is -0.489 e. The van der Waals surface area contributed by atoms with E-state index in [1.165, 1.54) is 11.1 Å². The molecule has 1 aliphatic rings. The van der Waals surface area contributed by atoms with Crippen molar-refractivity contribution in [3.8, 4) is 5.75 Å². The minimum atomic E-state index is 0.491. The van der Waals surface area contributed by atoms with Gasteiger partial charge < -0.3 is 20.1 Å². The molecular formula is C24H32N4O2. The number of hydrogen-bond donors (Lipinski definition) is 2. The van der Waals surface area contributed by atoms with Crippen molar-refractivity contribution >= 4 is 5.96 Å². The van der Waals surface area contributed by atoms with Crippen LogP contribution in [0.3, 0.4) is 0 Å². The molecule has 160 valence electrons. The van der Waals surface area contributed by atoms with Crippen molar-refractivity contribution in [2.24, 2.45) is 4.99 Å². The molecule has 3 rings (SSSR count). The number of nitrogens with zero attached hydrogens (tertiary/aromatic N) is 2. The van der Waals surface area contributed by atoms with E-state index in [1.807, 2.05) is 24.3 Å². The average molecular weight is 409 g/mol. The maximum atomic E-state index is 5.73. The van der Waals surface area contributed by atoms with E-state index < -0.39 is 0 Å². The lowest BCUT2D eigenvalue weighted by atomic mass is 10.1. The third-order valence-corrected chi connectivity index (χ3v) is 4.96. The van der Waals surface area contributed by atoms with Crippen molar-refractivity contribution in [3.63, 3.8) is 0 Å².